The van der Waals surface area contributed by atoms with Gasteiger partial charge in [-0.1, -0.05) is 6.92 Å². The van der Waals surface area contributed by atoms with Crippen LogP contribution >= 0.6 is 0 Å². The molecule has 1 spiro atoms. The highest BCUT2D eigenvalue weighted by molar-refractivity contribution is 5.77. The Balaban J connectivity index is 1.47. The number of amides is 1. The number of carbonyl (C=O) groups excluding carboxylic acids is 1. The molecule has 2 atom stereocenters. The van der Waals surface area contributed by atoms with Gasteiger partial charge in [0.05, 0.1) is 35.5 Å². The minimum atomic E-state index is -0.407. The van der Waals surface area contributed by atoms with Crippen LogP contribution in [0.1, 0.15) is 57.4 Å². The van der Waals surface area contributed by atoms with Crippen molar-refractivity contribution in [2.45, 2.75) is 64.0 Å². The molecular weight excluding hydrogens is 380 g/mol. The van der Waals surface area contributed by atoms with Gasteiger partial charge in [-0.25, -0.2) is 9.78 Å². The van der Waals surface area contributed by atoms with E-state index in [9.17, 15) is 10.1 Å². The minimum Gasteiger partial charge on any atom is -0.441 e. The second-order valence-electron chi connectivity index (χ2n) is 9.29. The van der Waals surface area contributed by atoms with Gasteiger partial charge in [-0.05, 0) is 68.6 Å². The van der Waals surface area contributed by atoms with E-state index in [0.717, 1.165) is 62.5 Å². The zero-order valence-corrected chi connectivity index (χ0v) is 17.6. The minimum absolute atomic E-state index is 0.0122. The molecule has 1 saturated heterocycles. The summed E-state index contributed by atoms with van der Waals surface area (Å²) in [5, 5.41) is 18.2. The number of carbonyl (C=O) groups is 1. The molecule has 160 valence electrons. The number of aromatic nitrogens is 2. The number of aliphatic hydroxyl groups is 1. The molecule has 1 aromatic carbocycles. The van der Waals surface area contributed by atoms with Gasteiger partial charge in [0.1, 0.15) is 5.60 Å². The fourth-order valence-corrected chi connectivity index (χ4v) is 5.27. The number of imidazole rings is 1. The number of ether oxygens (including phenoxy) is 1. The first kappa shape index (κ1) is 20.7. The quantitative estimate of drug-likeness (QED) is 0.700. The van der Waals surface area contributed by atoms with Crippen LogP contribution in [0.3, 0.4) is 0 Å². The van der Waals surface area contributed by atoms with Crippen molar-refractivity contribution in [3.63, 3.8) is 0 Å². The van der Waals surface area contributed by atoms with E-state index >= 15 is 0 Å². The molecule has 1 aliphatic heterocycles. The van der Waals surface area contributed by atoms with Crippen LogP contribution in [-0.2, 0) is 11.3 Å². The van der Waals surface area contributed by atoms with E-state index < -0.39 is 5.60 Å². The van der Waals surface area contributed by atoms with Gasteiger partial charge in [-0.3, -0.25) is 0 Å². The molecule has 0 radical (unpaired) electrons. The van der Waals surface area contributed by atoms with Gasteiger partial charge in [-0.2, -0.15) is 5.26 Å². The van der Waals surface area contributed by atoms with Crippen molar-refractivity contribution in [3.05, 3.63) is 30.1 Å². The van der Waals surface area contributed by atoms with E-state index in [4.69, 9.17) is 9.84 Å². The maximum atomic E-state index is 12.5. The number of aliphatic hydroxyl groups excluding tert-OH is 1. The van der Waals surface area contributed by atoms with Gasteiger partial charge in [0.15, 0.2) is 0 Å². The molecule has 7 heteroatoms. The molecule has 2 aliphatic rings. The van der Waals surface area contributed by atoms with Gasteiger partial charge in [0, 0.05) is 19.7 Å². The highest BCUT2D eigenvalue weighted by Gasteiger charge is 2.51. The largest absolute Gasteiger partial charge is 0.441 e. The van der Waals surface area contributed by atoms with Gasteiger partial charge < -0.3 is 19.3 Å². The Bertz CT molecular complexity index is 965. The summed E-state index contributed by atoms with van der Waals surface area (Å²) in [6.45, 7) is 4.61. The second kappa shape index (κ2) is 8.27. The number of benzene rings is 1. The van der Waals surface area contributed by atoms with Gasteiger partial charge >= 0.3 is 6.09 Å². The maximum absolute atomic E-state index is 12.5. The number of rotatable bonds is 7. The van der Waals surface area contributed by atoms with E-state index in [1.165, 1.54) is 0 Å². The number of nitriles is 1. The third-order valence-electron chi connectivity index (χ3n) is 6.59. The molecule has 2 fully saturated rings. The van der Waals surface area contributed by atoms with Crippen molar-refractivity contribution in [2.75, 3.05) is 19.7 Å². The Labute approximate surface area is 177 Å². The van der Waals surface area contributed by atoms with Gasteiger partial charge in [0.25, 0.3) is 0 Å². The van der Waals surface area contributed by atoms with Gasteiger partial charge in [-0.15, -0.1) is 0 Å². The van der Waals surface area contributed by atoms with Crippen LogP contribution < -0.4 is 0 Å². The Morgan fingerprint density at radius 2 is 2.17 bits per heavy atom. The molecular formula is C23H30N4O3. The normalized spacial score (nSPS) is 26.3. The summed E-state index contributed by atoms with van der Waals surface area (Å²) in [6.07, 6.45) is 8.08. The molecule has 1 N–H and O–H groups in total. The van der Waals surface area contributed by atoms with Crippen molar-refractivity contribution in [1.82, 2.24) is 14.5 Å². The monoisotopic (exact) mass is 410 g/mol. The van der Waals surface area contributed by atoms with Gasteiger partial charge in [0.2, 0.25) is 0 Å². The second-order valence-corrected chi connectivity index (χ2v) is 9.29. The van der Waals surface area contributed by atoms with Crippen LogP contribution in [0.25, 0.3) is 11.0 Å². The van der Waals surface area contributed by atoms with Crippen molar-refractivity contribution in [2.24, 2.45) is 5.41 Å². The van der Waals surface area contributed by atoms with E-state index in [-0.39, 0.29) is 18.1 Å². The third kappa shape index (κ3) is 4.15. The summed E-state index contributed by atoms with van der Waals surface area (Å²) in [7, 11) is 0. The van der Waals surface area contributed by atoms with Crippen molar-refractivity contribution < 1.29 is 14.6 Å². The lowest BCUT2D eigenvalue weighted by Crippen LogP contribution is -2.45. The fraction of sp³-hybridized carbons (Fsp3) is 0.609. The zero-order valence-electron chi connectivity index (χ0n) is 17.6. The van der Waals surface area contributed by atoms with E-state index in [0.29, 0.717) is 18.7 Å². The lowest BCUT2D eigenvalue weighted by molar-refractivity contribution is -0.0269. The SMILES string of the molecule is C[C@]1(Cn2cnc3ccc(C#N)cc32)CCC[C@@]2(CN(CCCCCO)C(=O)O2)C1. The Kier molecular flexibility index (Phi) is 5.70. The molecule has 1 aromatic heterocycles. The van der Waals surface area contributed by atoms with Crippen LogP contribution in [0.15, 0.2) is 24.5 Å². The van der Waals surface area contributed by atoms with Crippen LogP contribution in [0.4, 0.5) is 4.79 Å². The smallest absolute Gasteiger partial charge is 0.410 e. The lowest BCUT2D eigenvalue weighted by atomic mass is 9.68. The molecule has 2 heterocycles. The standard InChI is InChI=1S/C23H30N4O3/c1-22(15-27-17-25-19-7-6-18(13-24)12-20(19)27)8-5-9-23(14-22)16-26(21(29)30-23)10-3-2-4-11-28/h6-7,12,17,28H,2-5,8-11,14-16H2,1H3/t22-,23-/m0/s1. The summed E-state index contributed by atoms with van der Waals surface area (Å²) in [6, 6.07) is 7.79. The number of unbranched alkanes of at least 4 members (excludes halogenated alkanes) is 2. The average molecular weight is 411 g/mol. The van der Waals surface area contributed by atoms with E-state index in [1.807, 2.05) is 23.4 Å². The summed E-state index contributed by atoms with van der Waals surface area (Å²) in [5.74, 6) is 0. The van der Waals surface area contributed by atoms with Crippen LogP contribution in [0, 0.1) is 16.7 Å². The summed E-state index contributed by atoms with van der Waals surface area (Å²) >= 11 is 0. The predicted octanol–water partition coefficient (Wildman–Crippen LogP) is 3.84. The average Bonchev–Trinajstić information content (AvgIpc) is 3.24. The van der Waals surface area contributed by atoms with E-state index in [1.54, 1.807) is 6.07 Å². The van der Waals surface area contributed by atoms with Crippen molar-refractivity contribution in [1.29, 1.82) is 5.26 Å². The number of nitrogens with zero attached hydrogens (tertiary/aromatic N) is 4. The molecule has 0 unspecified atom stereocenters. The van der Waals surface area contributed by atoms with Crippen LogP contribution in [0.2, 0.25) is 0 Å². The summed E-state index contributed by atoms with van der Waals surface area (Å²) < 4.78 is 8.11. The Morgan fingerprint density at radius 3 is 2.97 bits per heavy atom. The highest BCUT2D eigenvalue weighted by Crippen LogP contribution is 2.47. The lowest BCUT2D eigenvalue weighted by Gasteiger charge is -2.43. The molecule has 7 nitrogen and oxygen atoms in total. The molecule has 1 aliphatic carbocycles. The number of hydrogen-bond acceptors (Lipinski definition) is 5. The summed E-state index contributed by atoms with van der Waals surface area (Å²) in [5.41, 5.74) is 2.08. The zero-order chi connectivity index (χ0) is 21.2. The predicted molar refractivity (Wildman–Crippen MR) is 113 cm³/mol. The van der Waals surface area contributed by atoms with Crippen LogP contribution in [0.5, 0.6) is 0 Å². The Hall–Kier alpha value is -2.59. The molecule has 4 rings (SSSR count). The highest BCUT2D eigenvalue weighted by atomic mass is 16.6. The fourth-order valence-electron chi connectivity index (χ4n) is 5.27. The first-order chi connectivity index (χ1) is 14.5. The van der Waals surface area contributed by atoms with Crippen molar-refractivity contribution >= 4 is 17.1 Å². The number of hydrogen-bond donors (Lipinski definition) is 1. The molecule has 1 amide bonds. The first-order valence-corrected chi connectivity index (χ1v) is 10.9. The first-order valence-electron chi connectivity index (χ1n) is 10.9. The molecule has 1 saturated carbocycles. The van der Waals surface area contributed by atoms with Crippen LogP contribution in [-0.4, -0.2) is 50.9 Å². The molecule has 2 aromatic rings. The third-order valence-corrected chi connectivity index (χ3v) is 6.59. The van der Waals surface area contributed by atoms with Crippen molar-refractivity contribution in [3.8, 4) is 6.07 Å². The molecule has 0 bridgehead atoms. The molecule has 30 heavy (non-hydrogen) atoms. The van der Waals surface area contributed by atoms with E-state index in [2.05, 4.69) is 22.5 Å². The summed E-state index contributed by atoms with van der Waals surface area (Å²) in [4.78, 5) is 18.8. The Morgan fingerprint density at radius 1 is 1.30 bits per heavy atom. The topological polar surface area (TPSA) is 91.4 Å². The maximum Gasteiger partial charge on any atom is 0.410 e. The number of fused-ring (bicyclic) bond motifs is 1.